The minimum atomic E-state index is -3.94. The molecule has 0 bridgehead atoms. The minimum Gasteiger partial charge on any atom is -0.335 e. The van der Waals surface area contributed by atoms with Crippen LogP contribution in [0.3, 0.4) is 0 Å². The maximum Gasteiger partial charge on any atom is 0.266 e. The van der Waals surface area contributed by atoms with Gasteiger partial charge in [0.2, 0.25) is 0 Å². The summed E-state index contributed by atoms with van der Waals surface area (Å²) in [6.45, 7) is 0. The van der Waals surface area contributed by atoms with Crippen LogP contribution < -0.4 is 5.32 Å². The summed E-state index contributed by atoms with van der Waals surface area (Å²) in [6.07, 6.45) is 3.58. The molecule has 1 aliphatic heterocycles. The highest BCUT2D eigenvalue weighted by molar-refractivity contribution is 7.91. The van der Waals surface area contributed by atoms with Crippen LogP contribution in [-0.4, -0.2) is 17.8 Å². The van der Waals surface area contributed by atoms with Crippen molar-refractivity contribution < 1.29 is 12.8 Å². The molecule has 2 aromatic rings. The number of rotatable bonds is 3. The summed E-state index contributed by atoms with van der Waals surface area (Å²) in [5.74, 6) is -0.370. The number of halogens is 2. The molecular weight excluding hydrogens is 419 g/mol. The van der Waals surface area contributed by atoms with Gasteiger partial charge in [0.1, 0.15) is 5.82 Å². The summed E-state index contributed by atoms with van der Waals surface area (Å²) in [6, 6.07) is 11.3. The van der Waals surface area contributed by atoms with Crippen molar-refractivity contribution in [2.24, 2.45) is 0 Å². The molecule has 4 rings (SSSR count). The van der Waals surface area contributed by atoms with Crippen LogP contribution in [0.5, 0.6) is 0 Å². The molecule has 1 atom stereocenters. The molecule has 8 heteroatoms. The molecule has 1 aliphatic carbocycles. The smallest absolute Gasteiger partial charge is 0.266 e. The average molecular weight is 437 g/mol. The molecule has 0 amide bonds. The Morgan fingerprint density at radius 2 is 1.68 bits per heavy atom. The summed E-state index contributed by atoms with van der Waals surface area (Å²) in [7, 11) is -3.94. The number of hydrogen-bond acceptors (Lipinski definition) is 3. The Kier molecular flexibility index (Phi) is 5.16. The molecule has 146 valence electrons. The fourth-order valence-electron chi connectivity index (χ4n) is 3.77. The van der Waals surface area contributed by atoms with E-state index < -0.39 is 16.1 Å². The van der Waals surface area contributed by atoms with Crippen molar-refractivity contribution in [2.45, 2.75) is 36.6 Å². The Morgan fingerprint density at radius 3 is 2.36 bits per heavy atom. The number of benzene rings is 2. The molecule has 0 saturated heterocycles. The lowest BCUT2D eigenvalue weighted by molar-refractivity contribution is 0.427. The first kappa shape index (κ1) is 19.4. The van der Waals surface area contributed by atoms with Crippen molar-refractivity contribution in [2.75, 3.05) is 0 Å². The largest absolute Gasteiger partial charge is 0.335 e. The van der Waals surface area contributed by atoms with Crippen LogP contribution in [0.15, 0.2) is 64.7 Å². The molecule has 0 radical (unpaired) electrons. The highest BCUT2D eigenvalue weighted by atomic mass is 35.5. The van der Waals surface area contributed by atoms with Gasteiger partial charge in [-0.15, -0.1) is 0 Å². The van der Waals surface area contributed by atoms with Crippen LogP contribution in [0, 0.1) is 5.82 Å². The third-order valence-electron chi connectivity index (χ3n) is 5.09. The number of nitrogens with one attached hydrogen (secondary N) is 1. The summed E-state index contributed by atoms with van der Waals surface area (Å²) < 4.78 is 41.7. The fourth-order valence-corrected chi connectivity index (χ4v) is 5.91. The predicted molar refractivity (Wildman–Crippen MR) is 111 cm³/mol. The van der Waals surface area contributed by atoms with E-state index in [1.165, 1.54) is 40.7 Å². The van der Waals surface area contributed by atoms with E-state index in [4.69, 9.17) is 23.8 Å². The molecule has 4 nitrogen and oxygen atoms in total. The summed E-state index contributed by atoms with van der Waals surface area (Å²) in [5, 5.41) is 3.70. The van der Waals surface area contributed by atoms with Gasteiger partial charge in [-0.1, -0.05) is 23.7 Å². The molecule has 2 aliphatic rings. The fraction of sp³-hybridized carbons (Fsp3) is 0.250. The number of thiocarbonyl (C=S) groups is 1. The molecule has 0 aromatic heterocycles. The van der Waals surface area contributed by atoms with Gasteiger partial charge in [-0.3, -0.25) is 0 Å². The van der Waals surface area contributed by atoms with Gasteiger partial charge in [0.25, 0.3) is 10.0 Å². The van der Waals surface area contributed by atoms with E-state index >= 15 is 0 Å². The Bertz CT molecular complexity index is 1050. The van der Waals surface area contributed by atoms with E-state index in [0.717, 1.165) is 37.0 Å². The molecule has 0 saturated carbocycles. The van der Waals surface area contributed by atoms with Gasteiger partial charge in [0.05, 0.1) is 10.9 Å². The SMILES string of the molecule is O=S(=O)(c1ccc(Cl)cc1)N1C(=S)NC2=C(CCCC2)C1c1ccc(F)cc1. The lowest BCUT2D eigenvalue weighted by Gasteiger charge is -2.41. The molecule has 1 N–H and O–H groups in total. The van der Waals surface area contributed by atoms with E-state index in [9.17, 15) is 12.8 Å². The molecule has 2 aromatic carbocycles. The van der Waals surface area contributed by atoms with Crippen LogP contribution >= 0.6 is 23.8 Å². The van der Waals surface area contributed by atoms with Gasteiger partial charge in [-0.2, -0.15) is 0 Å². The first-order chi connectivity index (χ1) is 13.4. The second kappa shape index (κ2) is 7.46. The summed E-state index contributed by atoms with van der Waals surface area (Å²) >= 11 is 11.4. The highest BCUT2D eigenvalue weighted by Gasteiger charge is 2.41. The number of allylic oxidation sites excluding steroid dienone is 1. The van der Waals surface area contributed by atoms with Gasteiger partial charge in [-0.05, 0) is 85.4 Å². The lowest BCUT2D eigenvalue weighted by Crippen LogP contribution is -2.50. The second-order valence-corrected chi connectivity index (χ2v) is 9.49. The van der Waals surface area contributed by atoms with Gasteiger partial charge in [0.15, 0.2) is 5.11 Å². The normalized spacial score (nSPS) is 20.0. The lowest BCUT2D eigenvalue weighted by atomic mass is 9.86. The predicted octanol–water partition coefficient (Wildman–Crippen LogP) is 4.93. The monoisotopic (exact) mass is 436 g/mol. The Labute approximate surface area is 174 Å². The van der Waals surface area contributed by atoms with E-state index in [-0.39, 0.29) is 15.8 Å². The zero-order valence-corrected chi connectivity index (χ0v) is 17.2. The van der Waals surface area contributed by atoms with E-state index in [0.29, 0.717) is 10.6 Å². The second-order valence-electron chi connectivity index (χ2n) is 6.85. The van der Waals surface area contributed by atoms with Crippen LogP contribution in [0.4, 0.5) is 4.39 Å². The quantitative estimate of drug-likeness (QED) is 0.693. The molecule has 28 heavy (non-hydrogen) atoms. The van der Waals surface area contributed by atoms with Gasteiger partial charge >= 0.3 is 0 Å². The van der Waals surface area contributed by atoms with Crippen molar-refractivity contribution in [3.05, 3.63) is 76.2 Å². The van der Waals surface area contributed by atoms with Crippen molar-refractivity contribution in [1.82, 2.24) is 9.62 Å². The van der Waals surface area contributed by atoms with Crippen LogP contribution in [0.2, 0.25) is 5.02 Å². The third kappa shape index (κ3) is 3.43. The number of nitrogens with zero attached hydrogens (tertiary/aromatic N) is 1. The average Bonchev–Trinajstić information content (AvgIpc) is 2.68. The Morgan fingerprint density at radius 1 is 1.04 bits per heavy atom. The first-order valence-electron chi connectivity index (χ1n) is 8.96. The van der Waals surface area contributed by atoms with Gasteiger partial charge < -0.3 is 5.32 Å². The van der Waals surface area contributed by atoms with Crippen LogP contribution in [-0.2, 0) is 10.0 Å². The van der Waals surface area contributed by atoms with Gasteiger partial charge in [-0.25, -0.2) is 17.1 Å². The van der Waals surface area contributed by atoms with Crippen molar-refractivity contribution in [3.63, 3.8) is 0 Å². The highest BCUT2D eigenvalue weighted by Crippen LogP contribution is 2.42. The van der Waals surface area contributed by atoms with Crippen molar-refractivity contribution in [3.8, 4) is 0 Å². The molecule has 1 heterocycles. The third-order valence-corrected chi connectivity index (χ3v) is 7.53. The topological polar surface area (TPSA) is 49.4 Å². The minimum absolute atomic E-state index is 0.105. The van der Waals surface area contributed by atoms with Crippen molar-refractivity contribution in [1.29, 1.82) is 0 Å². The first-order valence-corrected chi connectivity index (χ1v) is 11.2. The van der Waals surface area contributed by atoms with E-state index in [2.05, 4.69) is 5.32 Å². The molecular formula is C20H18ClFN2O2S2. The summed E-state index contributed by atoms with van der Waals surface area (Å²) in [4.78, 5) is 0.105. The maximum absolute atomic E-state index is 13.5. The zero-order valence-electron chi connectivity index (χ0n) is 14.9. The number of hydrogen-bond donors (Lipinski definition) is 1. The Hall–Kier alpha value is -1.96. The van der Waals surface area contributed by atoms with Crippen LogP contribution in [0.25, 0.3) is 0 Å². The van der Waals surface area contributed by atoms with Crippen molar-refractivity contribution >= 4 is 39.0 Å². The summed E-state index contributed by atoms with van der Waals surface area (Å²) in [5.41, 5.74) is 2.66. The molecule has 1 unspecified atom stereocenters. The zero-order chi connectivity index (χ0) is 19.9. The van der Waals surface area contributed by atoms with E-state index in [1.807, 2.05) is 0 Å². The maximum atomic E-state index is 13.5. The number of sulfonamides is 1. The van der Waals surface area contributed by atoms with E-state index in [1.54, 1.807) is 12.1 Å². The van der Waals surface area contributed by atoms with Gasteiger partial charge in [0, 0.05) is 10.7 Å². The standard InChI is InChI=1S/C20H18ClFN2O2S2/c21-14-7-11-16(12-8-14)28(25,26)24-19(13-5-9-15(22)10-6-13)17-3-1-2-4-18(17)23-20(24)27/h5-12,19H,1-4H2,(H,23,27). The molecule has 0 fully saturated rings. The Balaban J connectivity index is 1.88. The molecule has 0 spiro atoms. The van der Waals surface area contributed by atoms with Crippen LogP contribution in [0.1, 0.15) is 37.3 Å².